The summed E-state index contributed by atoms with van der Waals surface area (Å²) >= 11 is 11.9. The van der Waals surface area contributed by atoms with Gasteiger partial charge in [-0.25, -0.2) is 71.5 Å². The van der Waals surface area contributed by atoms with Crippen LogP contribution in [0, 0.1) is 23.4 Å². The summed E-state index contributed by atoms with van der Waals surface area (Å²) in [6.45, 7) is 7.52. The molecule has 0 aliphatic carbocycles. The number of carbonyl (C=O) groups excluding carboxylic acids is 6. The Balaban J connectivity index is 0.000000161. The maximum atomic E-state index is 13.8. The molecule has 9 aromatic heterocycles. The zero-order valence-corrected chi connectivity index (χ0v) is 53.4. The van der Waals surface area contributed by atoms with Crippen LogP contribution >= 0.6 is 23.2 Å². The highest BCUT2D eigenvalue weighted by molar-refractivity contribution is 6.30. The molecule has 99 heavy (non-hydrogen) atoms. The largest absolute Gasteiger partial charge is 0.463 e. The number of hydrogen-bond acceptors (Lipinski definition) is 24. The maximum absolute atomic E-state index is 13.8. The highest BCUT2D eigenvalue weighted by Crippen LogP contribution is 2.39. The number of carbonyl (C=O) groups is 6. The average molecular weight is 1420 g/mol. The second-order valence-corrected chi connectivity index (χ2v) is 21.7. The Morgan fingerprint density at radius 1 is 0.515 bits per heavy atom. The van der Waals surface area contributed by atoms with Gasteiger partial charge in [0.1, 0.15) is 63.1 Å². The van der Waals surface area contributed by atoms with Crippen molar-refractivity contribution in [1.29, 1.82) is 0 Å². The van der Waals surface area contributed by atoms with Gasteiger partial charge in [-0.2, -0.15) is 17.6 Å². The molecule has 12 heterocycles. The van der Waals surface area contributed by atoms with E-state index in [2.05, 4.69) is 92.7 Å². The van der Waals surface area contributed by atoms with Gasteiger partial charge in [-0.15, -0.1) is 15.3 Å². The molecule has 9 aromatic rings. The number of halogens is 9. The molecule has 0 saturated heterocycles. The Morgan fingerprint density at radius 2 is 0.838 bits per heavy atom. The van der Waals surface area contributed by atoms with Crippen LogP contribution in [0.4, 0.5) is 79.6 Å². The van der Waals surface area contributed by atoms with Crippen LogP contribution in [0.2, 0.25) is 10.3 Å². The van der Waals surface area contributed by atoms with Crippen LogP contribution in [-0.2, 0) is 49.7 Å². The number of nitrogens with one attached hydrogen (secondary N) is 6. The van der Waals surface area contributed by atoms with Crippen molar-refractivity contribution in [3.8, 4) is 51.8 Å². The van der Waals surface area contributed by atoms with Gasteiger partial charge in [0.15, 0.2) is 46.7 Å². The van der Waals surface area contributed by atoms with E-state index in [0.717, 1.165) is 41.5 Å². The topological polar surface area (TPSA) is 399 Å². The molecule has 42 heteroatoms. The van der Waals surface area contributed by atoms with E-state index in [-0.39, 0.29) is 96.5 Å². The molecule has 0 radical (unpaired) electrons. The summed E-state index contributed by atoms with van der Waals surface area (Å²) in [4.78, 5) is 95.8. The van der Waals surface area contributed by atoms with E-state index in [9.17, 15) is 59.5 Å². The Hall–Kier alpha value is -12.0. The normalized spacial score (nSPS) is 16.0. The van der Waals surface area contributed by atoms with Crippen molar-refractivity contribution in [3.63, 3.8) is 0 Å². The van der Waals surface area contributed by atoms with Crippen LogP contribution in [0.5, 0.6) is 17.6 Å². The highest BCUT2D eigenvalue weighted by Gasteiger charge is 2.50. The van der Waals surface area contributed by atoms with E-state index >= 15 is 0 Å². The van der Waals surface area contributed by atoms with Gasteiger partial charge < -0.3 is 44.4 Å². The van der Waals surface area contributed by atoms with E-state index in [1.807, 2.05) is 0 Å². The van der Waals surface area contributed by atoms with Crippen molar-refractivity contribution < 1.29 is 87.9 Å². The Kier molecular flexibility index (Phi) is 20.3. The molecule has 6 amide bonds. The summed E-state index contributed by atoms with van der Waals surface area (Å²) in [6.07, 6.45) is -12.3. The van der Waals surface area contributed by atoms with Crippen molar-refractivity contribution in [3.05, 3.63) is 124 Å². The molecule has 3 aliphatic heterocycles. The SMILES string of the molecule is CC1Oc2nc(-c3nnn(C)c3NC(=O)O[C@H](C)c3cc(F)cnc3Cl)ccc2NC1=O.CC1Oc2nc(-c3nnn(C)c3NC(=O)O[C@H](C)c3cc(F)cnc3F)ccc2NC1=O.C[C@@H](OC(=O)Nc1c(-c2ccc3c(n2)OC(C(F)(F)F)C(=O)N3)nnn1C)c1cc(F)cnc1Cl. The minimum atomic E-state index is -4.96. The summed E-state index contributed by atoms with van der Waals surface area (Å²) in [7, 11) is 4.53. The number of nitrogens with zero attached hydrogens (tertiary/aromatic N) is 15. The zero-order valence-electron chi connectivity index (χ0n) is 51.9. The first-order valence-corrected chi connectivity index (χ1v) is 29.2. The van der Waals surface area contributed by atoms with Crippen LogP contribution in [0.15, 0.2) is 73.2 Å². The molecule has 33 nitrogen and oxygen atoms in total. The lowest BCUT2D eigenvalue weighted by atomic mass is 10.2. The van der Waals surface area contributed by atoms with Gasteiger partial charge in [-0.1, -0.05) is 38.8 Å². The van der Waals surface area contributed by atoms with Gasteiger partial charge >= 0.3 is 24.5 Å². The summed E-state index contributed by atoms with van der Waals surface area (Å²) in [5, 5.41) is 38.3. The molecule has 0 fully saturated rings. The van der Waals surface area contributed by atoms with Gasteiger partial charge in [-0.3, -0.25) is 30.3 Å². The molecule has 0 aromatic carbocycles. The first-order chi connectivity index (χ1) is 46.9. The number of pyridine rings is 6. The maximum Gasteiger partial charge on any atom is 0.434 e. The number of fused-ring (bicyclic) bond motifs is 3. The Labute approximate surface area is 560 Å². The van der Waals surface area contributed by atoms with E-state index in [1.165, 1.54) is 56.4 Å². The van der Waals surface area contributed by atoms with E-state index in [0.29, 0.717) is 22.8 Å². The minimum absolute atomic E-state index is 0.0188. The summed E-state index contributed by atoms with van der Waals surface area (Å²) in [5.41, 5.74) is 1.92. The number of amides is 6. The van der Waals surface area contributed by atoms with Crippen molar-refractivity contribution in [2.45, 2.75) is 77.4 Å². The number of aryl methyl sites for hydroxylation is 3. The molecule has 3 aliphatic rings. The molecule has 0 bridgehead atoms. The lowest BCUT2D eigenvalue weighted by molar-refractivity contribution is -0.197. The smallest absolute Gasteiger partial charge is 0.434 e. The van der Waals surface area contributed by atoms with Crippen LogP contribution in [0.25, 0.3) is 34.2 Å². The lowest BCUT2D eigenvalue weighted by Crippen LogP contribution is -2.47. The second-order valence-electron chi connectivity index (χ2n) is 21.0. The summed E-state index contributed by atoms with van der Waals surface area (Å²) < 4.78 is 129. The fraction of sp³-hybridized carbons (Fsp3) is 0.263. The molecule has 6 atom stereocenters. The van der Waals surface area contributed by atoms with Crippen LogP contribution in [0.1, 0.15) is 69.6 Å². The van der Waals surface area contributed by atoms with Crippen molar-refractivity contribution in [2.75, 3.05) is 31.9 Å². The van der Waals surface area contributed by atoms with E-state index < -0.39 is 96.3 Å². The third kappa shape index (κ3) is 16.0. The third-order valence-corrected chi connectivity index (χ3v) is 14.6. The Morgan fingerprint density at radius 3 is 1.20 bits per heavy atom. The quantitative estimate of drug-likeness (QED) is 0.0377. The fourth-order valence-corrected chi connectivity index (χ4v) is 9.51. The van der Waals surface area contributed by atoms with E-state index in [1.54, 1.807) is 45.2 Å². The van der Waals surface area contributed by atoms with Gasteiger partial charge in [0.2, 0.25) is 23.6 Å². The highest BCUT2D eigenvalue weighted by atomic mass is 35.5. The predicted molar refractivity (Wildman–Crippen MR) is 327 cm³/mol. The van der Waals surface area contributed by atoms with Crippen molar-refractivity contribution >= 4 is 93.7 Å². The first kappa shape index (κ1) is 69.8. The molecule has 6 N–H and O–H groups in total. The molecule has 3 unspecified atom stereocenters. The van der Waals surface area contributed by atoms with Gasteiger partial charge in [0.05, 0.1) is 41.2 Å². The van der Waals surface area contributed by atoms with Crippen LogP contribution in [0.3, 0.4) is 0 Å². The second kappa shape index (κ2) is 28.8. The summed E-state index contributed by atoms with van der Waals surface area (Å²) in [5.74, 6) is -4.72. The molecule has 516 valence electrons. The fourth-order valence-electron chi connectivity index (χ4n) is 8.99. The molecule has 0 spiro atoms. The number of anilines is 6. The molecular weight excluding hydrogens is 1370 g/mol. The predicted octanol–water partition coefficient (Wildman–Crippen LogP) is 9.31. The van der Waals surface area contributed by atoms with Crippen LogP contribution in [-0.4, -0.2) is 135 Å². The zero-order chi connectivity index (χ0) is 71.5. The lowest BCUT2D eigenvalue weighted by Gasteiger charge is -2.26. The number of ether oxygens (including phenoxy) is 6. The monoisotopic (exact) mass is 1420 g/mol. The van der Waals surface area contributed by atoms with Crippen molar-refractivity contribution in [2.24, 2.45) is 21.1 Å². The minimum Gasteiger partial charge on any atom is -0.463 e. The van der Waals surface area contributed by atoms with Gasteiger partial charge in [-0.05, 0) is 89.2 Å². The average Bonchev–Trinajstić information content (AvgIpc) is 1.39. The summed E-state index contributed by atoms with van der Waals surface area (Å²) in [6, 6.07) is 12.1. The molecule has 12 rings (SSSR count). The van der Waals surface area contributed by atoms with Gasteiger partial charge in [0, 0.05) is 32.3 Å². The number of hydrogen-bond donors (Lipinski definition) is 6. The number of aromatic nitrogens is 15. The van der Waals surface area contributed by atoms with Gasteiger partial charge in [0.25, 0.3) is 23.8 Å². The van der Waals surface area contributed by atoms with Crippen molar-refractivity contribution in [1.82, 2.24) is 74.9 Å². The first-order valence-electron chi connectivity index (χ1n) is 28.5. The van der Waals surface area contributed by atoms with Crippen LogP contribution < -0.4 is 46.1 Å². The number of alkyl halides is 3. The van der Waals surface area contributed by atoms with E-state index in [4.69, 9.17) is 51.6 Å². The molecule has 0 saturated carbocycles. The number of rotatable bonds is 12. The molecular formula is C57H48Cl2F7N21O12. The Bertz CT molecular complexity index is 4480. The standard InChI is InChI=1S/C19H14ClF4N7O4.C19H17ClFN7O4.C19H17F2N7O4/c1-7(9-5-8(21)6-25-14(9)20)34-18(33)28-15-12(29-30-31(15)2)10-3-4-11-17(27-10)35-13(16(32)26-11)19(22,23)24;1-8(11-6-10(21)7-22-15(11)20)32-19(30)25-16-14(26-27-28(16)3)12-4-5-13-18(24-12)31-9(2)17(29)23-13;1-8(11-6-10(20)7-22-15(11)21)32-19(30)25-16-14(26-27-28(16)3)12-4-5-13-18(24-12)31-9(2)17(29)23-13/h3-7,13H,1-2H3,(H,26,32)(H,28,33);2*4-9H,1-3H3,(H,23,29)(H,25,30)/t7-,13?;2*8-,9?/m111/s1. The third-order valence-electron chi connectivity index (χ3n) is 14.0.